The second-order valence-corrected chi connectivity index (χ2v) is 4.33. The van der Waals surface area contributed by atoms with E-state index in [4.69, 9.17) is 4.74 Å². The maximum atomic E-state index is 5.42. The number of benzene rings is 1. The van der Waals surface area contributed by atoms with Crippen LogP contribution in [-0.2, 0) is 6.61 Å². The Balaban J connectivity index is 2.41. The lowest BCUT2D eigenvalue weighted by molar-refractivity contribution is 0.246. The SMILES string of the molecule is Cc1ccccccc2ccc3c(c2c1)CO3. The van der Waals surface area contributed by atoms with Crippen LogP contribution in [0.2, 0.25) is 0 Å². The molecule has 0 atom stereocenters. The minimum Gasteiger partial charge on any atom is -0.488 e. The van der Waals surface area contributed by atoms with Crippen molar-refractivity contribution in [3.63, 3.8) is 0 Å². The highest BCUT2D eigenvalue weighted by molar-refractivity contribution is 5.88. The predicted molar refractivity (Wildman–Crippen MR) is 70.6 cm³/mol. The van der Waals surface area contributed by atoms with E-state index in [1.165, 1.54) is 21.9 Å². The summed E-state index contributed by atoms with van der Waals surface area (Å²) in [5.74, 6) is 1.03. The van der Waals surface area contributed by atoms with Crippen LogP contribution >= 0.6 is 0 Å². The van der Waals surface area contributed by atoms with Crippen LogP contribution in [0.3, 0.4) is 0 Å². The van der Waals surface area contributed by atoms with Crippen molar-refractivity contribution >= 4 is 10.8 Å². The number of hydrogen-bond donors (Lipinski definition) is 0. The van der Waals surface area contributed by atoms with Crippen molar-refractivity contribution in [2.75, 3.05) is 0 Å². The summed E-state index contributed by atoms with van der Waals surface area (Å²) in [6, 6.07) is 18.9. The lowest BCUT2D eigenvalue weighted by Gasteiger charge is -2.21. The molecule has 3 rings (SSSR count). The third-order valence-corrected chi connectivity index (χ3v) is 3.06. The summed E-state index contributed by atoms with van der Waals surface area (Å²) >= 11 is 0. The monoisotopic (exact) mass is 222 g/mol. The summed E-state index contributed by atoms with van der Waals surface area (Å²) in [4.78, 5) is 0. The fourth-order valence-electron chi connectivity index (χ4n) is 2.10. The first-order valence-electron chi connectivity index (χ1n) is 5.83. The molecule has 2 aromatic rings. The molecule has 1 aliphatic rings. The van der Waals surface area contributed by atoms with Gasteiger partial charge in [0, 0.05) is 5.56 Å². The molecule has 1 nitrogen and oxygen atoms in total. The minimum atomic E-state index is 0.732. The van der Waals surface area contributed by atoms with Crippen LogP contribution in [0.25, 0.3) is 10.8 Å². The van der Waals surface area contributed by atoms with Gasteiger partial charge in [0.2, 0.25) is 0 Å². The first-order chi connectivity index (χ1) is 8.34. The summed E-state index contributed by atoms with van der Waals surface area (Å²) in [5.41, 5.74) is 2.58. The van der Waals surface area contributed by atoms with E-state index < -0.39 is 0 Å². The fourth-order valence-corrected chi connectivity index (χ4v) is 2.10. The Labute approximate surface area is 101 Å². The zero-order valence-corrected chi connectivity index (χ0v) is 9.81. The summed E-state index contributed by atoms with van der Waals surface area (Å²) in [7, 11) is 0. The molecule has 0 bridgehead atoms. The van der Waals surface area contributed by atoms with Crippen LogP contribution in [0, 0.1) is 6.92 Å². The van der Waals surface area contributed by atoms with Crippen molar-refractivity contribution in [1.29, 1.82) is 0 Å². The van der Waals surface area contributed by atoms with Crippen LogP contribution in [0.1, 0.15) is 11.1 Å². The van der Waals surface area contributed by atoms with E-state index >= 15 is 0 Å². The van der Waals surface area contributed by atoms with E-state index in [1.807, 2.05) is 6.07 Å². The third-order valence-electron chi connectivity index (χ3n) is 3.06. The summed E-state index contributed by atoms with van der Waals surface area (Å²) in [6.07, 6.45) is 0. The van der Waals surface area contributed by atoms with E-state index in [0.717, 1.165) is 12.4 Å². The predicted octanol–water partition coefficient (Wildman–Crippen LogP) is 4.17. The van der Waals surface area contributed by atoms with Gasteiger partial charge in [-0.05, 0) is 23.8 Å². The molecule has 2 aromatic carbocycles. The molecular formula is C16H14O. The zero-order chi connectivity index (χ0) is 11.7. The Morgan fingerprint density at radius 3 is 2.53 bits per heavy atom. The van der Waals surface area contributed by atoms with Crippen LogP contribution < -0.4 is 4.74 Å². The van der Waals surface area contributed by atoms with Gasteiger partial charge in [-0.3, -0.25) is 0 Å². The second-order valence-electron chi connectivity index (χ2n) is 4.33. The molecule has 84 valence electrons. The van der Waals surface area contributed by atoms with Crippen LogP contribution in [-0.4, -0.2) is 0 Å². The smallest absolute Gasteiger partial charge is 0.127 e. The maximum absolute atomic E-state index is 5.42. The van der Waals surface area contributed by atoms with E-state index in [1.54, 1.807) is 0 Å². The van der Waals surface area contributed by atoms with Crippen molar-refractivity contribution in [1.82, 2.24) is 0 Å². The average molecular weight is 222 g/mol. The summed E-state index contributed by atoms with van der Waals surface area (Å²) in [5, 5.41) is 2.55. The van der Waals surface area contributed by atoms with Gasteiger partial charge in [-0.1, -0.05) is 54.1 Å². The average Bonchev–Trinajstić information content (AvgIpc) is 2.27. The number of aryl methyl sites for hydroxylation is 1. The van der Waals surface area contributed by atoms with E-state index in [9.17, 15) is 0 Å². The van der Waals surface area contributed by atoms with Gasteiger partial charge in [-0.25, -0.2) is 0 Å². The number of rotatable bonds is 0. The molecule has 0 aliphatic carbocycles. The quantitative estimate of drug-likeness (QED) is 0.650. The molecule has 0 unspecified atom stereocenters. The van der Waals surface area contributed by atoms with Crippen molar-refractivity contribution in [2.24, 2.45) is 0 Å². The van der Waals surface area contributed by atoms with Gasteiger partial charge in [0.1, 0.15) is 12.4 Å². The largest absolute Gasteiger partial charge is 0.488 e. The first-order valence-corrected chi connectivity index (χ1v) is 5.83. The van der Waals surface area contributed by atoms with E-state index in [0.29, 0.717) is 0 Å². The highest BCUT2D eigenvalue weighted by atomic mass is 16.5. The molecule has 0 radical (unpaired) electrons. The van der Waals surface area contributed by atoms with Crippen molar-refractivity contribution in [3.05, 3.63) is 65.7 Å². The van der Waals surface area contributed by atoms with Gasteiger partial charge in [0.05, 0.1) is 0 Å². The topological polar surface area (TPSA) is 9.23 Å². The normalized spacial score (nSPS) is 12.1. The third kappa shape index (κ3) is 1.84. The molecule has 0 saturated heterocycles. The Morgan fingerprint density at radius 1 is 0.941 bits per heavy atom. The molecule has 1 heteroatoms. The maximum Gasteiger partial charge on any atom is 0.127 e. The lowest BCUT2D eigenvalue weighted by Crippen LogP contribution is -2.09. The molecule has 0 N–H and O–H groups in total. The molecule has 17 heavy (non-hydrogen) atoms. The molecular weight excluding hydrogens is 208 g/mol. The zero-order valence-electron chi connectivity index (χ0n) is 9.81. The standard InChI is InChI=1S/C16H14O/c1-12-6-4-2-3-5-7-13-8-9-16-15(11-17-16)14(13)10-12/h2-10H,11H2,1H3. The van der Waals surface area contributed by atoms with Gasteiger partial charge >= 0.3 is 0 Å². The van der Waals surface area contributed by atoms with Crippen LogP contribution in [0.15, 0.2) is 54.6 Å². The van der Waals surface area contributed by atoms with Gasteiger partial charge in [0.15, 0.2) is 0 Å². The first kappa shape index (κ1) is 10.2. The highest BCUT2D eigenvalue weighted by Crippen LogP contribution is 2.34. The summed E-state index contributed by atoms with van der Waals surface area (Å²) < 4.78 is 5.42. The molecule has 0 amide bonds. The van der Waals surface area contributed by atoms with Crippen molar-refractivity contribution in [3.8, 4) is 5.75 Å². The number of hydrogen-bond acceptors (Lipinski definition) is 1. The minimum absolute atomic E-state index is 0.732. The van der Waals surface area contributed by atoms with Gasteiger partial charge in [0.25, 0.3) is 0 Å². The number of ether oxygens (including phenoxy) is 1. The van der Waals surface area contributed by atoms with E-state index in [-0.39, 0.29) is 0 Å². The van der Waals surface area contributed by atoms with Gasteiger partial charge in [-0.15, -0.1) is 0 Å². The Morgan fingerprint density at radius 2 is 1.76 bits per heavy atom. The Hall–Kier alpha value is -2.02. The van der Waals surface area contributed by atoms with Crippen molar-refractivity contribution in [2.45, 2.75) is 13.5 Å². The van der Waals surface area contributed by atoms with Crippen molar-refractivity contribution < 1.29 is 4.74 Å². The van der Waals surface area contributed by atoms with Crippen LogP contribution in [0.4, 0.5) is 0 Å². The van der Waals surface area contributed by atoms with Crippen LogP contribution in [0.5, 0.6) is 5.75 Å². The summed E-state index contributed by atoms with van der Waals surface area (Å²) in [6.45, 7) is 2.86. The Kier molecular flexibility index (Phi) is 2.45. The fraction of sp³-hybridized carbons (Fsp3) is 0.125. The molecule has 1 heterocycles. The molecule has 1 aliphatic heterocycles. The second kappa shape index (κ2) is 4.10. The Bertz CT molecular complexity index is 628. The lowest BCUT2D eigenvalue weighted by atomic mass is 10.0. The number of fused-ring (bicyclic) bond motifs is 3. The molecule has 0 saturated carbocycles. The van der Waals surface area contributed by atoms with Gasteiger partial charge < -0.3 is 4.74 Å². The highest BCUT2D eigenvalue weighted by Gasteiger charge is 2.16. The molecule has 0 fully saturated rings. The van der Waals surface area contributed by atoms with E-state index in [2.05, 4.69) is 55.5 Å². The van der Waals surface area contributed by atoms with Gasteiger partial charge in [-0.2, -0.15) is 0 Å². The molecule has 0 aromatic heterocycles. The molecule has 0 spiro atoms.